The van der Waals surface area contributed by atoms with Gasteiger partial charge in [0, 0.05) is 0 Å². The first kappa shape index (κ1) is 13.2. The Kier molecular flexibility index (Phi) is 6.17. The molecule has 1 nitrogen and oxygen atoms in total. The SMILES string of the molecule is CC(C)CNCC(C)CCc1ccccc1. The zero-order chi connectivity index (χ0) is 11.8. The van der Waals surface area contributed by atoms with Gasteiger partial charge < -0.3 is 5.32 Å². The van der Waals surface area contributed by atoms with Crippen molar-refractivity contribution in [3.05, 3.63) is 35.9 Å². The lowest BCUT2D eigenvalue weighted by Gasteiger charge is -2.13. The minimum absolute atomic E-state index is 0.751. The Hall–Kier alpha value is -0.820. The molecule has 1 rings (SSSR count). The maximum atomic E-state index is 3.52. The summed E-state index contributed by atoms with van der Waals surface area (Å²) in [7, 11) is 0. The maximum Gasteiger partial charge on any atom is -0.00229 e. The van der Waals surface area contributed by atoms with Gasteiger partial charge in [0.15, 0.2) is 0 Å². The molecule has 0 aliphatic heterocycles. The van der Waals surface area contributed by atoms with Gasteiger partial charge in [-0.05, 0) is 43.3 Å². The zero-order valence-electron chi connectivity index (χ0n) is 10.9. The molecule has 1 N–H and O–H groups in total. The molecule has 1 aromatic carbocycles. The van der Waals surface area contributed by atoms with Gasteiger partial charge in [0.2, 0.25) is 0 Å². The Morgan fingerprint density at radius 3 is 2.31 bits per heavy atom. The molecule has 1 atom stereocenters. The standard InChI is InChI=1S/C15H25N/c1-13(2)11-16-12-14(3)9-10-15-7-5-4-6-8-15/h4-8,13-14,16H,9-12H2,1-3H3. The lowest BCUT2D eigenvalue weighted by molar-refractivity contribution is 0.454. The summed E-state index contributed by atoms with van der Waals surface area (Å²) in [4.78, 5) is 0. The van der Waals surface area contributed by atoms with E-state index in [1.165, 1.54) is 18.4 Å². The fraction of sp³-hybridized carbons (Fsp3) is 0.600. The van der Waals surface area contributed by atoms with Crippen molar-refractivity contribution in [1.82, 2.24) is 5.32 Å². The van der Waals surface area contributed by atoms with Crippen LogP contribution in [0.1, 0.15) is 32.8 Å². The number of rotatable bonds is 7. The Morgan fingerprint density at radius 1 is 1.00 bits per heavy atom. The van der Waals surface area contributed by atoms with E-state index in [0.717, 1.165) is 24.9 Å². The first-order valence-corrected chi connectivity index (χ1v) is 6.43. The summed E-state index contributed by atoms with van der Waals surface area (Å²) >= 11 is 0. The molecule has 0 saturated heterocycles. The Balaban J connectivity index is 2.13. The number of nitrogens with one attached hydrogen (secondary N) is 1. The molecular formula is C15H25N. The quantitative estimate of drug-likeness (QED) is 0.740. The minimum Gasteiger partial charge on any atom is -0.316 e. The van der Waals surface area contributed by atoms with Crippen molar-refractivity contribution >= 4 is 0 Å². The van der Waals surface area contributed by atoms with Crippen LogP contribution in [0.3, 0.4) is 0 Å². The Bertz CT molecular complexity index is 266. The number of aryl methyl sites for hydroxylation is 1. The highest BCUT2D eigenvalue weighted by Crippen LogP contribution is 2.08. The fourth-order valence-electron chi connectivity index (χ4n) is 1.78. The first-order valence-electron chi connectivity index (χ1n) is 6.43. The van der Waals surface area contributed by atoms with E-state index in [1.54, 1.807) is 0 Å². The molecule has 0 saturated carbocycles. The van der Waals surface area contributed by atoms with E-state index in [0.29, 0.717) is 0 Å². The summed E-state index contributed by atoms with van der Waals surface area (Å²) in [6.45, 7) is 9.11. The number of hydrogen-bond acceptors (Lipinski definition) is 1. The van der Waals surface area contributed by atoms with Gasteiger partial charge in [0.05, 0.1) is 0 Å². The van der Waals surface area contributed by atoms with Crippen molar-refractivity contribution in [2.75, 3.05) is 13.1 Å². The second-order valence-electron chi connectivity index (χ2n) is 5.18. The van der Waals surface area contributed by atoms with Crippen molar-refractivity contribution < 1.29 is 0 Å². The molecule has 0 amide bonds. The Labute approximate surface area is 100 Å². The summed E-state index contributed by atoms with van der Waals surface area (Å²) in [5.41, 5.74) is 1.46. The summed E-state index contributed by atoms with van der Waals surface area (Å²) in [6.07, 6.45) is 2.47. The number of benzene rings is 1. The lowest BCUT2D eigenvalue weighted by atomic mass is 10.0. The van der Waals surface area contributed by atoms with Gasteiger partial charge in [-0.15, -0.1) is 0 Å². The molecule has 0 heterocycles. The van der Waals surface area contributed by atoms with E-state index in [9.17, 15) is 0 Å². The van der Waals surface area contributed by atoms with Gasteiger partial charge in [-0.3, -0.25) is 0 Å². The van der Waals surface area contributed by atoms with E-state index >= 15 is 0 Å². The van der Waals surface area contributed by atoms with Crippen LogP contribution in [-0.2, 0) is 6.42 Å². The third-order valence-electron chi connectivity index (χ3n) is 2.81. The Morgan fingerprint density at radius 2 is 1.69 bits per heavy atom. The van der Waals surface area contributed by atoms with Gasteiger partial charge in [0.25, 0.3) is 0 Å². The molecule has 1 aromatic rings. The van der Waals surface area contributed by atoms with Gasteiger partial charge in [-0.1, -0.05) is 51.1 Å². The molecule has 16 heavy (non-hydrogen) atoms. The van der Waals surface area contributed by atoms with Crippen molar-refractivity contribution in [2.24, 2.45) is 11.8 Å². The summed E-state index contributed by atoms with van der Waals surface area (Å²) in [5, 5.41) is 3.52. The predicted octanol–water partition coefficient (Wildman–Crippen LogP) is 3.50. The van der Waals surface area contributed by atoms with Gasteiger partial charge in [-0.25, -0.2) is 0 Å². The van der Waals surface area contributed by atoms with Crippen LogP contribution >= 0.6 is 0 Å². The molecule has 0 fully saturated rings. The molecule has 1 heteroatoms. The van der Waals surface area contributed by atoms with Crippen LogP contribution in [0, 0.1) is 11.8 Å². The van der Waals surface area contributed by atoms with Crippen LogP contribution < -0.4 is 5.32 Å². The van der Waals surface area contributed by atoms with Crippen molar-refractivity contribution in [1.29, 1.82) is 0 Å². The molecule has 0 spiro atoms. The highest BCUT2D eigenvalue weighted by atomic mass is 14.9. The molecule has 1 unspecified atom stereocenters. The highest BCUT2D eigenvalue weighted by molar-refractivity contribution is 5.14. The number of hydrogen-bond donors (Lipinski definition) is 1. The zero-order valence-corrected chi connectivity index (χ0v) is 10.9. The summed E-state index contributed by atoms with van der Waals surface area (Å²) in [5.74, 6) is 1.51. The fourth-order valence-corrected chi connectivity index (χ4v) is 1.78. The molecular weight excluding hydrogens is 194 g/mol. The first-order chi connectivity index (χ1) is 7.68. The van der Waals surface area contributed by atoms with Crippen LogP contribution in [0.4, 0.5) is 0 Å². The molecule has 0 radical (unpaired) electrons. The monoisotopic (exact) mass is 219 g/mol. The minimum atomic E-state index is 0.751. The summed E-state index contributed by atoms with van der Waals surface area (Å²) < 4.78 is 0. The smallest absolute Gasteiger partial charge is 0.00229 e. The second kappa shape index (κ2) is 7.45. The van der Waals surface area contributed by atoms with Crippen LogP contribution in [0.5, 0.6) is 0 Å². The topological polar surface area (TPSA) is 12.0 Å². The average Bonchev–Trinajstić information content (AvgIpc) is 2.27. The second-order valence-corrected chi connectivity index (χ2v) is 5.18. The van der Waals surface area contributed by atoms with Crippen LogP contribution in [0.25, 0.3) is 0 Å². The van der Waals surface area contributed by atoms with Crippen LogP contribution in [-0.4, -0.2) is 13.1 Å². The van der Waals surface area contributed by atoms with E-state index in [4.69, 9.17) is 0 Å². The lowest BCUT2D eigenvalue weighted by Crippen LogP contribution is -2.25. The third-order valence-corrected chi connectivity index (χ3v) is 2.81. The highest BCUT2D eigenvalue weighted by Gasteiger charge is 2.02. The van der Waals surface area contributed by atoms with Crippen molar-refractivity contribution in [3.8, 4) is 0 Å². The average molecular weight is 219 g/mol. The molecule has 0 aliphatic rings. The molecule has 0 aromatic heterocycles. The van der Waals surface area contributed by atoms with E-state index in [-0.39, 0.29) is 0 Å². The summed E-state index contributed by atoms with van der Waals surface area (Å²) in [6, 6.07) is 10.8. The van der Waals surface area contributed by atoms with E-state index in [1.807, 2.05) is 0 Å². The van der Waals surface area contributed by atoms with Gasteiger partial charge in [0.1, 0.15) is 0 Å². The largest absolute Gasteiger partial charge is 0.316 e. The molecule has 90 valence electrons. The van der Waals surface area contributed by atoms with Crippen LogP contribution in [0.2, 0.25) is 0 Å². The molecule has 0 aliphatic carbocycles. The van der Waals surface area contributed by atoms with Gasteiger partial charge in [-0.2, -0.15) is 0 Å². The maximum absolute atomic E-state index is 3.52. The van der Waals surface area contributed by atoms with E-state index < -0.39 is 0 Å². The molecule has 0 bridgehead atoms. The van der Waals surface area contributed by atoms with Gasteiger partial charge >= 0.3 is 0 Å². The normalized spacial score (nSPS) is 13.0. The van der Waals surface area contributed by atoms with Crippen molar-refractivity contribution in [3.63, 3.8) is 0 Å². The predicted molar refractivity (Wildman–Crippen MR) is 71.6 cm³/mol. The van der Waals surface area contributed by atoms with Crippen molar-refractivity contribution in [2.45, 2.75) is 33.6 Å². The van der Waals surface area contributed by atoms with Crippen LogP contribution in [0.15, 0.2) is 30.3 Å². The van der Waals surface area contributed by atoms with E-state index in [2.05, 4.69) is 56.4 Å². The third kappa shape index (κ3) is 5.92.